The summed E-state index contributed by atoms with van der Waals surface area (Å²) in [5.41, 5.74) is 1.01. The Morgan fingerprint density at radius 3 is 2.62 bits per heavy atom. The van der Waals surface area contributed by atoms with Gasteiger partial charge in [0, 0.05) is 32.7 Å². The minimum Gasteiger partial charge on any atom is -0.388 e. The second-order valence-electron chi connectivity index (χ2n) is 5.80. The van der Waals surface area contributed by atoms with Gasteiger partial charge >= 0.3 is 0 Å². The molecule has 2 N–H and O–H groups in total. The second kappa shape index (κ2) is 7.53. The van der Waals surface area contributed by atoms with Gasteiger partial charge < -0.3 is 15.2 Å². The van der Waals surface area contributed by atoms with Crippen molar-refractivity contribution in [3.8, 4) is 6.07 Å². The zero-order valence-corrected chi connectivity index (χ0v) is 12.5. The van der Waals surface area contributed by atoms with Gasteiger partial charge in [-0.2, -0.15) is 5.26 Å². The maximum Gasteiger partial charge on any atom is 0.0991 e. The van der Waals surface area contributed by atoms with Crippen molar-refractivity contribution >= 4 is 0 Å². The summed E-state index contributed by atoms with van der Waals surface area (Å²) in [7, 11) is 0. The van der Waals surface area contributed by atoms with Crippen LogP contribution in [0.5, 0.6) is 0 Å². The summed E-state index contributed by atoms with van der Waals surface area (Å²) in [6, 6.07) is 9.59. The molecule has 0 aromatic heterocycles. The lowest BCUT2D eigenvalue weighted by molar-refractivity contribution is -0.0219. The third-order valence-electron chi connectivity index (χ3n) is 3.59. The molecule has 1 unspecified atom stereocenters. The number of β-amino-alcohol motifs (C(OH)–C–C–N with tert-alkyl or cyclic N) is 1. The molecule has 1 atom stereocenters. The SMILES string of the molecule is CC(O)(CNCc1ccc(C#N)cc1)CN1CCOCC1. The van der Waals surface area contributed by atoms with E-state index in [0.717, 1.165) is 31.9 Å². The number of aliphatic hydroxyl groups is 1. The van der Waals surface area contributed by atoms with Gasteiger partial charge in [0.15, 0.2) is 0 Å². The van der Waals surface area contributed by atoms with E-state index in [2.05, 4.69) is 16.3 Å². The molecule has 5 heteroatoms. The van der Waals surface area contributed by atoms with E-state index < -0.39 is 5.60 Å². The van der Waals surface area contributed by atoms with Crippen LogP contribution in [0.3, 0.4) is 0 Å². The van der Waals surface area contributed by atoms with Crippen molar-refractivity contribution in [3.05, 3.63) is 35.4 Å². The van der Waals surface area contributed by atoms with Gasteiger partial charge in [0.1, 0.15) is 0 Å². The Kier molecular flexibility index (Phi) is 5.71. The molecule has 1 aliphatic rings. The number of hydrogen-bond acceptors (Lipinski definition) is 5. The molecular formula is C16H23N3O2. The highest BCUT2D eigenvalue weighted by atomic mass is 16.5. The molecule has 1 aromatic carbocycles. The minimum atomic E-state index is -0.760. The van der Waals surface area contributed by atoms with Crippen LogP contribution in [0, 0.1) is 11.3 Å². The molecule has 0 bridgehead atoms. The van der Waals surface area contributed by atoms with E-state index in [1.54, 1.807) is 0 Å². The van der Waals surface area contributed by atoms with Gasteiger partial charge in [-0.1, -0.05) is 12.1 Å². The van der Waals surface area contributed by atoms with Crippen LogP contribution in [0.1, 0.15) is 18.1 Å². The number of benzene rings is 1. The number of ether oxygens (including phenoxy) is 1. The molecule has 5 nitrogen and oxygen atoms in total. The van der Waals surface area contributed by atoms with E-state index in [9.17, 15) is 5.11 Å². The summed E-state index contributed by atoms with van der Waals surface area (Å²) < 4.78 is 5.31. The van der Waals surface area contributed by atoms with Gasteiger partial charge in [-0.15, -0.1) is 0 Å². The Morgan fingerprint density at radius 2 is 2.00 bits per heavy atom. The van der Waals surface area contributed by atoms with E-state index in [4.69, 9.17) is 10.00 Å². The average molecular weight is 289 g/mol. The largest absolute Gasteiger partial charge is 0.388 e. The van der Waals surface area contributed by atoms with Gasteiger partial charge in [-0.3, -0.25) is 4.90 Å². The maximum absolute atomic E-state index is 10.4. The zero-order chi connectivity index (χ0) is 15.1. The summed E-state index contributed by atoms with van der Waals surface area (Å²) in [5.74, 6) is 0. The van der Waals surface area contributed by atoms with Crippen LogP contribution < -0.4 is 5.32 Å². The quantitative estimate of drug-likeness (QED) is 0.808. The summed E-state index contributed by atoms with van der Waals surface area (Å²) in [6.07, 6.45) is 0. The fourth-order valence-corrected chi connectivity index (χ4v) is 2.47. The Balaban J connectivity index is 1.74. The van der Waals surface area contributed by atoms with Crippen LogP contribution in [0.2, 0.25) is 0 Å². The van der Waals surface area contributed by atoms with Crippen molar-refractivity contribution in [2.24, 2.45) is 0 Å². The van der Waals surface area contributed by atoms with E-state index in [0.29, 0.717) is 25.2 Å². The first-order valence-corrected chi connectivity index (χ1v) is 7.31. The van der Waals surface area contributed by atoms with E-state index in [1.807, 2.05) is 31.2 Å². The number of hydrogen-bond donors (Lipinski definition) is 2. The van der Waals surface area contributed by atoms with E-state index >= 15 is 0 Å². The third-order valence-corrected chi connectivity index (χ3v) is 3.59. The summed E-state index contributed by atoms with van der Waals surface area (Å²) in [4.78, 5) is 2.23. The molecule has 0 amide bonds. The average Bonchev–Trinajstić information content (AvgIpc) is 2.48. The monoisotopic (exact) mass is 289 g/mol. The van der Waals surface area contributed by atoms with Crippen LogP contribution in [0.25, 0.3) is 0 Å². The minimum absolute atomic E-state index is 0.532. The Hall–Kier alpha value is -1.45. The first kappa shape index (κ1) is 15.9. The molecule has 114 valence electrons. The molecule has 0 radical (unpaired) electrons. The van der Waals surface area contributed by atoms with Crippen molar-refractivity contribution in [3.63, 3.8) is 0 Å². The number of morpholine rings is 1. The van der Waals surface area contributed by atoms with Gasteiger partial charge in [-0.05, 0) is 24.6 Å². The van der Waals surface area contributed by atoms with E-state index in [1.165, 1.54) is 0 Å². The molecule has 0 aliphatic carbocycles. The topological polar surface area (TPSA) is 68.5 Å². The highest BCUT2D eigenvalue weighted by Crippen LogP contribution is 2.08. The van der Waals surface area contributed by atoms with Crippen molar-refractivity contribution < 1.29 is 9.84 Å². The molecule has 1 aliphatic heterocycles. The highest BCUT2D eigenvalue weighted by molar-refractivity contribution is 5.31. The van der Waals surface area contributed by atoms with Crippen molar-refractivity contribution in [1.29, 1.82) is 5.26 Å². The standard InChI is InChI=1S/C16H23N3O2/c1-16(20,13-19-6-8-21-9-7-19)12-18-11-15-4-2-14(10-17)3-5-15/h2-5,18,20H,6-9,11-13H2,1H3. The van der Waals surface area contributed by atoms with E-state index in [-0.39, 0.29) is 0 Å². The number of nitrogens with zero attached hydrogens (tertiary/aromatic N) is 2. The second-order valence-corrected chi connectivity index (χ2v) is 5.80. The smallest absolute Gasteiger partial charge is 0.0991 e. The Morgan fingerprint density at radius 1 is 1.33 bits per heavy atom. The summed E-state index contributed by atoms with van der Waals surface area (Å²) in [6.45, 7) is 6.97. The fourth-order valence-electron chi connectivity index (χ4n) is 2.47. The Labute approximate surface area is 126 Å². The predicted molar refractivity (Wildman–Crippen MR) is 80.7 cm³/mol. The molecule has 2 rings (SSSR count). The normalized spacial score (nSPS) is 18.9. The first-order chi connectivity index (χ1) is 10.1. The van der Waals surface area contributed by atoms with Crippen LogP contribution in [0.4, 0.5) is 0 Å². The van der Waals surface area contributed by atoms with Crippen LogP contribution in [0.15, 0.2) is 24.3 Å². The van der Waals surface area contributed by atoms with Crippen LogP contribution in [-0.4, -0.2) is 55.0 Å². The lowest BCUT2D eigenvalue weighted by atomic mass is 10.1. The number of nitrogens with one attached hydrogen (secondary N) is 1. The van der Waals surface area contributed by atoms with Crippen LogP contribution >= 0.6 is 0 Å². The summed E-state index contributed by atoms with van der Waals surface area (Å²) >= 11 is 0. The highest BCUT2D eigenvalue weighted by Gasteiger charge is 2.24. The molecule has 0 saturated carbocycles. The Bertz CT molecular complexity index is 473. The molecule has 1 aromatic rings. The first-order valence-electron chi connectivity index (χ1n) is 7.31. The summed E-state index contributed by atoms with van der Waals surface area (Å²) in [5, 5.41) is 22.5. The zero-order valence-electron chi connectivity index (χ0n) is 12.5. The van der Waals surface area contributed by atoms with Crippen molar-refractivity contribution in [2.75, 3.05) is 39.4 Å². The fraction of sp³-hybridized carbons (Fsp3) is 0.562. The molecule has 1 heterocycles. The molecule has 1 saturated heterocycles. The predicted octanol–water partition coefficient (Wildman–Crippen LogP) is 0.731. The number of rotatable bonds is 6. The maximum atomic E-state index is 10.4. The molecule has 21 heavy (non-hydrogen) atoms. The van der Waals surface area contributed by atoms with Gasteiger partial charge in [-0.25, -0.2) is 0 Å². The van der Waals surface area contributed by atoms with Gasteiger partial charge in [0.2, 0.25) is 0 Å². The molecule has 1 fully saturated rings. The van der Waals surface area contributed by atoms with Gasteiger partial charge in [0.25, 0.3) is 0 Å². The van der Waals surface area contributed by atoms with Gasteiger partial charge in [0.05, 0.1) is 30.4 Å². The molecule has 0 spiro atoms. The van der Waals surface area contributed by atoms with Crippen molar-refractivity contribution in [1.82, 2.24) is 10.2 Å². The molecular weight excluding hydrogens is 266 g/mol. The third kappa shape index (κ3) is 5.44. The number of nitriles is 1. The lowest BCUT2D eigenvalue weighted by Crippen LogP contribution is -2.50. The van der Waals surface area contributed by atoms with Crippen LogP contribution in [-0.2, 0) is 11.3 Å². The van der Waals surface area contributed by atoms with Crippen molar-refractivity contribution in [2.45, 2.75) is 19.1 Å². The lowest BCUT2D eigenvalue weighted by Gasteiger charge is -2.34.